The van der Waals surface area contributed by atoms with E-state index in [1.165, 1.54) is 16.6 Å². The number of fused-ring (bicyclic) bond motifs is 3. The molecule has 0 bridgehead atoms. The Kier molecular flexibility index (Phi) is 3.97. The average Bonchev–Trinajstić information content (AvgIpc) is 2.70. The predicted molar refractivity (Wildman–Crippen MR) is 111 cm³/mol. The van der Waals surface area contributed by atoms with Gasteiger partial charge in [-0.3, -0.25) is 4.98 Å². The topological polar surface area (TPSA) is 45.6 Å². The van der Waals surface area contributed by atoms with Gasteiger partial charge in [-0.25, -0.2) is 0 Å². The molecule has 0 spiro atoms. The van der Waals surface area contributed by atoms with Crippen LogP contribution in [0, 0.1) is 0 Å². The fourth-order valence-corrected chi connectivity index (χ4v) is 5.49. The molecule has 1 aliphatic heterocycles. The average molecular weight is 374 g/mol. The summed E-state index contributed by atoms with van der Waals surface area (Å²) in [4.78, 5) is 7.42. The number of hydrogen-bond donors (Lipinski definition) is 1. The Bertz CT molecular complexity index is 1050. The van der Waals surface area contributed by atoms with Crippen LogP contribution >= 0.6 is 0 Å². The minimum absolute atomic E-state index is 0.199. The number of likely N-dealkylation sites (N-methyl/N-ethyl adjacent to an activating group) is 1. The van der Waals surface area contributed by atoms with Crippen LogP contribution in [0.25, 0.3) is 10.9 Å². The molecule has 1 N–H and O–H groups in total. The zero-order valence-electron chi connectivity index (χ0n) is 16.5. The molecule has 1 aromatic heterocycles. The molecule has 1 aliphatic carbocycles. The van der Waals surface area contributed by atoms with Crippen LogP contribution in [0.1, 0.15) is 23.2 Å². The van der Waals surface area contributed by atoms with Crippen LogP contribution in [-0.2, 0) is 23.0 Å². The second kappa shape index (κ2) is 6.29. The van der Waals surface area contributed by atoms with Crippen LogP contribution in [0.2, 0.25) is 0 Å². The summed E-state index contributed by atoms with van der Waals surface area (Å²) >= 11 is 0. The molecule has 1 fully saturated rings. The van der Waals surface area contributed by atoms with E-state index in [1.54, 1.807) is 6.07 Å². The second-order valence-electron chi connectivity index (χ2n) is 8.46. The summed E-state index contributed by atoms with van der Waals surface area (Å²) in [7, 11) is 4.01. The number of rotatable bonds is 2. The second-order valence-corrected chi connectivity index (χ2v) is 8.46. The molecule has 3 aromatic rings. The fraction of sp³-hybridized carbons (Fsp3) is 0.375. The highest BCUT2D eigenvalue weighted by Crippen LogP contribution is 2.52. The van der Waals surface area contributed by atoms with Crippen molar-refractivity contribution in [2.24, 2.45) is 0 Å². The summed E-state index contributed by atoms with van der Waals surface area (Å²) in [5, 5.41) is 11.4. The number of likely N-dealkylation sites (tertiary alicyclic amines) is 1. The van der Waals surface area contributed by atoms with E-state index in [2.05, 4.69) is 42.3 Å². The zero-order valence-corrected chi connectivity index (χ0v) is 16.5. The van der Waals surface area contributed by atoms with Crippen LogP contribution in [0.3, 0.4) is 0 Å². The minimum Gasteiger partial charge on any atom is -0.508 e. The molecule has 144 valence electrons. The van der Waals surface area contributed by atoms with Gasteiger partial charge in [0.05, 0.1) is 11.1 Å². The lowest BCUT2D eigenvalue weighted by atomic mass is 9.55. The number of pyridine rings is 1. The first-order chi connectivity index (χ1) is 13.6. The SMILES string of the molecule is CO[C@]12Cc3cc4ccccc4nc3C[C@]1(c1cccc(O)c1)CCN(C)C2. The van der Waals surface area contributed by atoms with Crippen molar-refractivity contribution in [3.8, 4) is 5.75 Å². The third-order valence-corrected chi connectivity index (χ3v) is 6.95. The summed E-state index contributed by atoms with van der Waals surface area (Å²) < 4.78 is 6.37. The van der Waals surface area contributed by atoms with Gasteiger partial charge in [0.25, 0.3) is 0 Å². The standard InChI is InChI=1S/C24H26N2O2/c1-26-11-10-23(19-7-5-8-20(27)13-19)15-22-18(14-24(23,16-26)28-2)12-17-6-3-4-9-21(17)25-22/h3-9,12-13,27H,10-11,14-16H2,1-2H3/t23-,24-/m0/s1. The third-order valence-electron chi connectivity index (χ3n) is 6.95. The highest BCUT2D eigenvalue weighted by Gasteiger charge is 2.58. The van der Waals surface area contributed by atoms with Crippen LogP contribution in [0.5, 0.6) is 5.75 Å². The van der Waals surface area contributed by atoms with Gasteiger partial charge in [0.1, 0.15) is 5.75 Å². The zero-order chi connectivity index (χ0) is 19.4. The number of aromatic hydroxyl groups is 1. The van der Waals surface area contributed by atoms with Gasteiger partial charge in [-0.15, -0.1) is 0 Å². The molecule has 2 atom stereocenters. The first-order valence-corrected chi connectivity index (χ1v) is 9.96. The minimum atomic E-state index is -0.342. The van der Waals surface area contributed by atoms with Crippen molar-refractivity contribution in [3.63, 3.8) is 0 Å². The Labute approximate surface area is 165 Å². The number of aromatic nitrogens is 1. The van der Waals surface area contributed by atoms with Gasteiger partial charge in [-0.2, -0.15) is 0 Å². The molecule has 0 radical (unpaired) electrons. The van der Waals surface area contributed by atoms with Crippen LogP contribution in [0.15, 0.2) is 54.6 Å². The molecule has 0 amide bonds. The van der Waals surface area contributed by atoms with E-state index < -0.39 is 0 Å². The van der Waals surface area contributed by atoms with Crippen molar-refractivity contribution in [2.75, 3.05) is 27.2 Å². The fourth-order valence-electron chi connectivity index (χ4n) is 5.49. The van der Waals surface area contributed by atoms with Gasteiger partial charge < -0.3 is 14.7 Å². The molecule has 0 saturated carbocycles. The highest BCUT2D eigenvalue weighted by atomic mass is 16.5. The number of para-hydroxylation sites is 1. The summed E-state index contributed by atoms with van der Waals surface area (Å²) in [6, 6.07) is 18.4. The largest absolute Gasteiger partial charge is 0.508 e. The van der Waals surface area contributed by atoms with Gasteiger partial charge in [0, 0.05) is 43.0 Å². The Balaban J connectivity index is 1.74. The molecular weight excluding hydrogens is 348 g/mol. The van der Waals surface area contributed by atoms with E-state index in [-0.39, 0.29) is 11.0 Å². The van der Waals surface area contributed by atoms with E-state index in [9.17, 15) is 5.11 Å². The number of phenols is 1. The Morgan fingerprint density at radius 2 is 1.93 bits per heavy atom. The molecule has 4 heteroatoms. The molecular formula is C24H26N2O2. The smallest absolute Gasteiger partial charge is 0.115 e. The lowest BCUT2D eigenvalue weighted by molar-refractivity contribution is -0.124. The number of benzene rings is 2. The van der Waals surface area contributed by atoms with Gasteiger partial charge in [0.15, 0.2) is 0 Å². The van der Waals surface area contributed by atoms with Crippen LogP contribution in [-0.4, -0.2) is 47.8 Å². The number of hydrogen-bond acceptors (Lipinski definition) is 4. The Hall–Kier alpha value is -2.43. The Morgan fingerprint density at radius 1 is 1.07 bits per heavy atom. The number of phenolic OH excluding ortho intramolecular Hbond substituents is 1. The quantitative estimate of drug-likeness (QED) is 0.743. The molecule has 5 rings (SSSR count). The summed E-state index contributed by atoms with van der Waals surface area (Å²) in [5.74, 6) is 0.313. The first-order valence-electron chi connectivity index (χ1n) is 9.96. The molecule has 4 nitrogen and oxygen atoms in total. The number of methoxy groups -OCH3 is 1. The molecule has 1 saturated heterocycles. The van der Waals surface area contributed by atoms with Crippen molar-refractivity contribution in [1.82, 2.24) is 9.88 Å². The molecule has 2 aromatic carbocycles. The third kappa shape index (κ3) is 2.48. The molecule has 2 aliphatic rings. The maximum absolute atomic E-state index is 10.2. The van der Waals surface area contributed by atoms with Gasteiger partial charge in [0.2, 0.25) is 0 Å². The normalized spacial score (nSPS) is 27.4. The van der Waals surface area contributed by atoms with Crippen molar-refractivity contribution >= 4 is 10.9 Å². The molecule has 0 unspecified atom stereocenters. The van der Waals surface area contributed by atoms with Crippen molar-refractivity contribution in [2.45, 2.75) is 30.3 Å². The van der Waals surface area contributed by atoms with Gasteiger partial charge in [-0.05, 0) is 55.4 Å². The van der Waals surface area contributed by atoms with Crippen LogP contribution < -0.4 is 0 Å². The lowest BCUT2D eigenvalue weighted by Crippen LogP contribution is -2.66. The van der Waals surface area contributed by atoms with Crippen molar-refractivity contribution in [1.29, 1.82) is 0 Å². The predicted octanol–water partition coefficient (Wildman–Crippen LogP) is 3.70. The van der Waals surface area contributed by atoms with E-state index in [0.29, 0.717) is 5.75 Å². The monoisotopic (exact) mass is 374 g/mol. The summed E-state index contributed by atoms with van der Waals surface area (Å²) in [6.07, 6.45) is 2.64. The van der Waals surface area contributed by atoms with E-state index in [1.807, 2.05) is 25.3 Å². The first kappa shape index (κ1) is 17.7. The van der Waals surface area contributed by atoms with Crippen molar-refractivity contribution < 1.29 is 9.84 Å². The summed E-state index contributed by atoms with van der Waals surface area (Å²) in [6.45, 7) is 1.87. The van der Waals surface area contributed by atoms with Crippen LogP contribution in [0.4, 0.5) is 0 Å². The highest BCUT2D eigenvalue weighted by molar-refractivity contribution is 5.79. The van der Waals surface area contributed by atoms with E-state index in [0.717, 1.165) is 43.4 Å². The number of nitrogens with zero attached hydrogens (tertiary/aromatic N) is 2. The molecule has 28 heavy (non-hydrogen) atoms. The van der Waals surface area contributed by atoms with Gasteiger partial charge >= 0.3 is 0 Å². The van der Waals surface area contributed by atoms with Gasteiger partial charge in [-0.1, -0.05) is 30.3 Å². The number of piperidine rings is 1. The lowest BCUT2D eigenvalue weighted by Gasteiger charge is -2.58. The Morgan fingerprint density at radius 3 is 2.75 bits per heavy atom. The molecule has 2 heterocycles. The maximum atomic E-state index is 10.2. The van der Waals surface area contributed by atoms with E-state index >= 15 is 0 Å². The van der Waals surface area contributed by atoms with E-state index in [4.69, 9.17) is 9.72 Å². The van der Waals surface area contributed by atoms with Crippen molar-refractivity contribution in [3.05, 3.63) is 71.4 Å². The maximum Gasteiger partial charge on any atom is 0.115 e. The summed E-state index contributed by atoms with van der Waals surface area (Å²) in [5.41, 5.74) is 4.11. The number of ether oxygens (including phenoxy) is 1.